The van der Waals surface area contributed by atoms with Crippen LogP contribution in [0.2, 0.25) is 0 Å². The number of carbonyl (C=O) groups excluding carboxylic acids is 1. The molecule has 15 heavy (non-hydrogen) atoms. The minimum atomic E-state index is -0.873. The number of amides is 1. The lowest BCUT2D eigenvalue weighted by molar-refractivity contribution is -0.142. The smallest absolute Gasteiger partial charge is 0.308 e. The molecule has 1 heterocycles. The van der Waals surface area contributed by atoms with Crippen molar-refractivity contribution in [1.82, 2.24) is 5.32 Å². The van der Waals surface area contributed by atoms with Gasteiger partial charge in [0, 0.05) is 6.04 Å². The normalized spacial score (nSPS) is 24.5. The highest BCUT2D eigenvalue weighted by atomic mass is 32.2. The zero-order valence-corrected chi connectivity index (χ0v) is 9.84. The Labute approximate surface area is 93.8 Å². The molecular weight excluding hydrogens is 214 g/mol. The van der Waals surface area contributed by atoms with Gasteiger partial charge in [0.2, 0.25) is 5.91 Å². The van der Waals surface area contributed by atoms with E-state index < -0.39 is 11.9 Å². The molecule has 1 aliphatic rings. The number of carboxylic acid groups (broad SMARTS) is 1. The van der Waals surface area contributed by atoms with Crippen LogP contribution < -0.4 is 5.32 Å². The van der Waals surface area contributed by atoms with E-state index in [1.54, 1.807) is 25.6 Å². The Morgan fingerprint density at radius 3 is 2.60 bits per heavy atom. The summed E-state index contributed by atoms with van der Waals surface area (Å²) < 4.78 is 0. The van der Waals surface area contributed by atoms with Gasteiger partial charge in [-0.3, -0.25) is 9.59 Å². The van der Waals surface area contributed by atoms with Crippen molar-refractivity contribution in [3.8, 4) is 0 Å². The van der Waals surface area contributed by atoms with E-state index in [9.17, 15) is 9.59 Å². The lowest BCUT2D eigenvalue weighted by atomic mass is 10.0. The number of carbonyl (C=O) groups is 2. The van der Waals surface area contributed by atoms with Crippen LogP contribution in [0, 0.1) is 5.92 Å². The SMILES string of the molecule is CC(NC(=O)C1CCCS1)C(C)C(=O)O. The molecule has 1 rings (SSSR count). The average molecular weight is 231 g/mol. The molecule has 1 saturated heterocycles. The third-order valence-electron chi connectivity index (χ3n) is 2.73. The van der Waals surface area contributed by atoms with E-state index >= 15 is 0 Å². The Morgan fingerprint density at radius 2 is 2.13 bits per heavy atom. The van der Waals surface area contributed by atoms with Gasteiger partial charge in [-0.05, 0) is 32.4 Å². The molecule has 86 valence electrons. The Bertz CT molecular complexity index is 251. The zero-order chi connectivity index (χ0) is 11.4. The predicted molar refractivity (Wildman–Crippen MR) is 59.9 cm³/mol. The first-order chi connectivity index (χ1) is 7.02. The maximum atomic E-state index is 11.7. The molecule has 5 heteroatoms. The third kappa shape index (κ3) is 3.41. The molecule has 2 N–H and O–H groups in total. The molecule has 1 aliphatic heterocycles. The van der Waals surface area contributed by atoms with Crippen LogP contribution >= 0.6 is 11.8 Å². The summed E-state index contributed by atoms with van der Waals surface area (Å²) in [5.74, 6) is -0.402. The van der Waals surface area contributed by atoms with E-state index in [1.165, 1.54) is 0 Å². The highest BCUT2D eigenvalue weighted by Gasteiger charge is 2.27. The van der Waals surface area contributed by atoms with Gasteiger partial charge in [-0.1, -0.05) is 0 Å². The Balaban J connectivity index is 2.39. The van der Waals surface area contributed by atoms with Crippen molar-refractivity contribution in [3.63, 3.8) is 0 Å². The van der Waals surface area contributed by atoms with Crippen LogP contribution in [0.25, 0.3) is 0 Å². The molecule has 0 spiro atoms. The maximum absolute atomic E-state index is 11.7. The second-order valence-corrected chi connectivity index (χ2v) is 5.24. The second-order valence-electron chi connectivity index (χ2n) is 3.93. The van der Waals surface area contributed by atoms with Crippen molar-refractivity contribution in [2.24, 2.45) is 5.92 Å². The average Bonchev–Trinajstić information content (AvgIpc) is 2.68. The van der Waals surface area contributed by atoms with Crippen molar-refractivity contribution < 1.29 is 14.7 Å². The zero-order valence-electron chi connectivity index (χ0n) is 9.03. The summed E-state index contributed by atoms with van der Waals surface area (Å²) in [6.45, 7) is 3.34. The van der Waals surface area contributed by atoms with E-state index in [0.717, 1.165) is 18.6 Å². The third-order valence-corrected chi connectivity index (χ3v) is 4.11. The molecule has 3 atom stereocenters. The van der Waals surface area contributed by atoms with Crippen molar-refractivity contribution in [2.75, 3.05) is 5.75 Å². The standard InChI is InChI=1S/C10H17NO3S/c1-6(10(13)14)7(2)11-9(12)8-4-3-5-15-8/h6-8H,3-5H2,1-2H3,(H,11,12)(H,13,14). The van der Waals surface area contributed by atoms with E-state index in [-0.39, 0.29) is 17.2 Å². The number of aliphatic carboxylic acids is 1. The number of hydrogen-bond donors (Lipinski definition) is 2. The van der Waals surface area contributed by atoms with Gasteiger partial charge < -0.3 is 10.4 Å². The number of rotatable bonds is 4. The first kappa shape index (κ1) is 12.4. The van der Waals surface area contributed by atoms with Gasteiger partial charge in [0.15, 0.2) is 0 Å². The number of nitrogens with one attached hydrogen (secondary N) is 1. The summed E-state index contributed by atoms with van der Waals surface area (Å²) in [6, 6.07) is -0.309. The van der Waals surface area contributed by atoms with E-state index in [1.807, 2.05) is 0 Å². The Hall–Kier alpha value is -0.710. The summed E-state index contributed by atoms with van der Waals surface area (Å²) >= 11 is 1.65. The van der Waals surface area contributed by atoms with Crippen LogP contribution in [0.4, 0.5) is 0 Å². The molecule has 4 nitrogen and oxygen atoms in total. The maximum Gasteiger partial charge on any atom is 0.308 e. The van der Waals surface area contributed by atoms with Gasteiger partial charge in [-0.15, -0.1) is 11.8 Å². The van der Waals surface area contributed by atoms with Gasteiger partial charge in [0.25, 0.3) is 0 Å². The van der Waals surface area contributed by atoms with Crippen LogP contribution in [-0.2, 0) is 9.59 Å². The molecule has 0 aromatic rings. The molecule has 0 aromatic carbocycles. The monoisotopic (exact) mass is 231 g/mol. The van der Waals surface area contributed by atoms with Gasteiger partial charge in [-0.25, -0.2) is 0 Å². The van der Waals surface area contributed by atoms with Crippen LogP contribution in [0.1, 0.15) is 26.7 Å². The first-order valence-corrected chi connectivity index (χ1v) is 6.22. The highest BCUT2D eigenvalue weighted by Crippen LogP contribution is 2.26. The van der Waals surface area contributed by atoms with Crippen LogP contribution in [-0.4, -0.2) is 34.0 Å². The van der Waals surface area contributed by atoms with Gasteiger partial charge in [0.05, 0.1) is 11.2 Å². The molecule has 0 aliphatic carbocycles. The van der Waals surface area contributed by atoms with Crippen LogP contribution in [0.3, 0.4) is 0 Å². The summed E-state index contributed by atoms with van der Waals surface area (Å²) in [5, 5.41) is 11.6. The number of carboxylic acids is 1. The molecule has 1 amide bonds. The van der Waals surface area contributed by atoms with Crippen LogP contribution in [0.15, 0.2) is 0 Å². The fraction of sp³-hybridized carbons (Fsp3) is 0.800. The van der Waals surface area contributed by atoms with Crippen LogP contribution in [0.5, 0.6) is 0 Å². The summed E-state index contributed by atoms with van der Waals surface area (Å²) in [6.07, 6.45) is 1.98. The molecule has 1 fully saturated rings. The summed E-state index contributed by atoms with van der Waals surface area (Å²) in [4.78, 5) is 22.3. The van der Waals surface area contributed by atoms with E-state index in [2.05, 4.69) is 5.32 Å². The van der Waals surface area contributed by atoms with E-state index in [0.29, 0.717) is 0 Å². The highest BCUT2D eigenvalue weighted by molar-refractivity contribution is 8.00. The second kappa shape index (κ2) is 5.39. The first-order valence-electron chi connectivity index (χ1n) is 5.17. The lowest BCUT2D eigenvalue weighted by Crippen LogP contribution is -2.43. The Kier molecular flexibility index (Phi) is 4.45. The summed E-state index contributed by atoms with van der Waals surface area (Å²) in [5.41, 5.74) is 0. The molecule has 0 radical (unpaired) electrons. The number of hydrogen-bond acceptors (Lipinski definition) is 3. The largest absolute Gasteiger partial charge is 0.481 e. The van der Waals surface area contributed by atoms with Crippen molar-refractivity contribution in [2.45, 2.75) is 38.0 Å². The predicted octanol–water partition coefficient (Wildman–Crippen LogP) is 1.11. The fourth-order valence-corrected chi connectivity index (χ4v) is 2.61. The van der Waals surface area contributed by atoms with Crippen molar-refractivity contribution in [3.05, 3.63) is 0 Å². The fourth-order valence-electron chi connectivity index (χ4n) is 1.44. The minimum absolute atomic E-state index is 0.0156. The molecule has 0 saturated carbocycles. The van der Waals surface area contributed by atoms with E-state index in [4.69, 9.17) is 5.11 Å². The lowest BCUT2D eigenvalue weighted by Gasteiger charge is -2.19. The van der Waals surface area contributed by atoms with Gasteiger partial charge >= 0.3 is 5.97 Å². The number of thioether (sulfide) groups is 1. The van der Waals surface area contributed by atoms with Gasteiger partial charge in [0.1, 0.15) is 0 Å². The molecule has 3 unspecified atom stereocenters. The molecular formula is C10H17NO3S. The van der Waals surface area contributed by atoms with Gasteiger partial charge in [-0.2, -0.15) is 0 Å². The Morgan fingerprint density at radius 1 is 1.47 bits per heavy atom. The molecule has 0 bridgehead atoms. The topological polar surface area (TPSA) is 66.4 Å². The quantitative estimate of drug-likeness (QED) is 0.760. The minimum Gasteiger partial charge on any atom is -0.481 e. The van der Waals surface area contributed by atoms with Crippen molar-refractivity contribution >= 4 is 23.6 Å². The van der Waals surface area contributed by atoms with Crippen molar-refractivity contribution in [1.29, 1.82) is 0 Å². The summed E-state index contributed by atoms with van der Waals surface area (Å²) in [7, 11) is 0. The molecule has 0 aromatic heterocycles.